The van der Waals surface area contributed by atoms with Crippen LogP contribution in [0.3, 0.4) is 0 Å². The van der Waals surface area contributed by atoms with Gasteiger partial charge in [-0.1, -0.05) is 30.3 Å². The number of carbonyl (C=O) groups is 1. The number of hydrogen-bond donors (Lipinski definition) is 2. The molecule has 3 heterocycles. The van der Waals surface area contributed by atoms with Crippen molar-refractivity contribution in [3.8, 4) is 22.6 Å². The normalized spacial score (nSPS) is 14.6. The smallest absolute Gasteiger partial charge is 0.328 e. The molecule has 0 amide bonds. The number of fused-ring (bicyclic) bond motifs is 1. The van der Waals surface area contributed by atoms with E-state index in [0.29, 0.717) is 30.3 Å². The second kappa shape index (κ2) is 9.36. The zero-order valence-corrected chi connectivity index (χ0v) is 18.4. The van der Waals surface area contributed by atoms with Gasteiger partial charge in [-0.25, -0.2) is 14.3 Å². The number of nitrogen functional groups attached to an aromatic ring is 1. The lowest BCUT2D eigenvalue weighted by molar-refractivity contribution is -0.131. The summed E-state index contributed by atoms with van der Waals surface area (Å²) in [6.45, 7) is 1.28. The van der Waals surface area contributed by atoms with Gasteiger partial charge in [-0.3, -0.25) is 0 Å². The molecule has 0 atom stereocenters. The number of rotatable bonds is 6. The predicted octanol–water partition coefficient (Wildman–Crippen LogP) is 4.76. The number of nitrogens with zero attached hydrogens (tertiary/aromatic N) is 3. The maximum atomic E-state index is 11.4. The Labute approximate surface area is 196 Å². The van der Waals surface area contributed by atoms with E-state index in [9.17, 15) is 9.90 Å². The SMILES string of the molecule is Nc1ncnn2c(C3CCOCC3)c(C=CC(=O)O)c(-c3ccc(Oc4ccccc4)cc3)c12. The highest BCUT2D eigenvalue weighted by molar-refractivity contribution is 5.97. The predicted molar refractivity (Wildman–Crippen MR) is 129 cm³/mol. The van der Waals surface area contributed by atoms with Gasteiger partial charge in [0.25, 0.3) is 0 Å². The summed E-state index contributed by atoms with van der Waals surface area (Å²) < 4.78 is 13.3. The van der Waals surface area contributed by atoms with E-state index in [4.69, 9.17) is 15.2 Å². The third kappa shape index (κ3) is 4.23. The first-order valence-electron chi connectivity index (χ1n) is 11.1. The Bertz CT molecular complexity index is 1340. The van der Waals surface area contributed by atoms with E-state index < -0.39 is 5.97 Å². The monoisotopic (exact) mass is 456 g/mol. The molecule has 0 radical (unpaired) electrons. The minimum Gasteiger partial charge on any atom is -0.478 e. The lowest BCUT2D eigenvalue weighted by Gasteiger charge is -2.22. The topological polar surface area (TPSA) is 112 Å². The van der Waals surface area contributed by atoms with Crippen LogP contribution in [0, 0.1) is 0 Å². The highest BCUT2D eigenvalue weighted by Gasteiger charge is 2.28. The Balaban J connectivity index is 1.66. The largest absolute Gasteiger partial charge is 0.478 e. The molecule has 4 aromatic rings. The van der Waals surface area contributed by atoms with Crippen molar-refractivity contribution in [2.45, 2.75) is 18.8 Å². The molecule has 0 saturated carbocycles. The van der Waals surface area contributed by atoms with Crippen molar-refractivity contribution < 1.29 is 19.4 Å². The molecule has 1 fully saturated rings. The first kappa shape index (κ1) is 21.7. The number of carboxylic acids is 1. The van der Waals surface area contributed by atoms with Crippen molar-refractivity contribution in [2.24, 2.45) is 0 Å². The van der Waals surface area contributed by atoms with Crippen LogP contribution in [-0.2, 0) is 9.53 Å². The molecule has 3 N–H and O–H groups in total. The summed E-state index contributed by atoms with van der Waals surface area (Å²) in [5, 5.41) is 13.9. The molecule has 1 aliphatic heterocycles. The molecule has 0 spiro atoms. The quantitative estimate of drug-likeness (QED) is 0.402. The minimum absolute atomic E-state index is 0.151. The van der Waals surface area contributed by atoms with E-state index in [-0.39, 0.29) is 5.92 Å². The molecule has 0 unspecified atom stereocenters. The molecule has 34 heavy (non-hydrogen) atoms. The van der Waals surface area contributed by atoms with Crippen molar-refractivity contribution in [1.29, 1.82) is 0 Å². The van der Waals surface area contributed by atoms with Gasteiger partial charge in [-0.15, -0.1) is 0 Å². The van der Waals surface area contributed by atoms with E-state index in [1.54, 1.807) is 6.08 Å². The number of hydrogen-bond acceptors (Lipinski definition) is 6. The van der Waals surface area contributed by atoms with E-state index in [1.807, 2.05) is 59.1 Å². The fraction of sp³-hybridized carbons (Fsp3) is 0.192. The third-order valence-electron chi connectivity index (χ3n) is 5.95. The summed E-state index contributed by atoms with van der Waals surface area (Å²) >= 11 is 0. The molecule has 0 bridgehead atoms. The van der Waals surface area contributed by atoms with Crippen LogP contribution < -0.4 is 10.5 Å². The molecule has 8 heteroatoms. The molecule has 2 aromatic heterocycles. The molecule has 8 nitrogen and oxygen atoms in total. The van der Waals surface area contributed by atoms with Gasteiger partial charge in [0, 0.05) is 36.3 Å². The van der Waals surface area contributed by atoms with Crippen LogP contribution >= 0.6 is 0 Å². The van der Waals surface area contributed by atoms with Crippen molar-refractivity contribution >= 4 is 23.4 Å². The molecule has 2 aromatic carbocycles. The average Bonchev–Trinajstić information content (AvgIpc) is 3.20. The summed E-state index contributed by atoms with van der Waals surface area (Å²) in [5.41, 5.74) is 10.3. The Morgan fingerprint density at radius 1 is 1.09 bits per heavy atom. The lowest BCUT2D eigenvalue weighted by Crippen LogP contribution is -2.17. The molecular weight excluding hydrogens is 432 g/mol. The Hall–Kier alpha value is -4.17. The fourth-order valence-corrected chi connectivity index (χ4v) is 4.45. The van der Waals surface area contributed by atoms with Gasteiger partial charge < -0.3 is 20.3 Å². The van der Waals surface area contributed by atoms with E-state index in [1.165, 1.54) is 6.33 Å². The summed E-state index contributed by atoms with van der Waals surface area (Å²) in [7, 11) is 0. The number of benzene rings is 2. The second-order valence-corrected chi connectivity index (χ2v) is 8.08. The molecule has 1 aliphatic rings. The van der Waals surface area contributed by atoms with E-state index in [2.05, 4.69) is 10.1 Å². The summed E-state index contributed by atoms with van der Waals surface area (Å²) in [6.07, 6.45) is 5.83. The van der Waals surface area contributed by atoms with Crippen molar-refractivity contribution in [1.82, 2.24) is 14.6 Å². The highest BCUT2D eigenvalue weighted by Crippen LogP contribution is 2.42. The second-order valence-electron chi connectivity index (χ2n) is 8.08. The van der Waals surface area contributed by atoms with Gasteiger partial charge in [0.15, 0.2) is 5.82 Å². The maximum Gasteiger partial charge on any atom is 0.328 e. The van der Waals surface area contributed by atoms with Crippen LogP contribution in [0.2, 0.25) is 0 Å². The first-order chi connectivity index (χ1) is 16.6. The number of ether oxygens (including phenoxy) is 2. The van der Waals surface area contributed by atoms with Gasteiger partial charge >= 0.3 is 5.97 Å². The summed E-state index contributed by atoms with van der Waals surface area (Å²) in [5.74, 6) is 0.894. The number of nitrogens with two attached hydrogens (primary N) is 1. The number of aliphatic carboxylic acids is 1. The van der Waals surface area contributed by atoms with E-state index in [0.717, 1.165) is 47.1 Å². The first-order valence-corrected chi connectivity index (χ1v) is 11.1. The number of anilines is 1. The molecular formula is C26H24N4O4. The minimum atomic E-state index is -1.02. The fourth-order valence-electron chi connectivity index (χ4n) is 4.45. The Morgan fingerprint density at radius 3 is 2.50 bits per heavy atom. The van der Waals surface area contributed by atoms with Crippen molar-refractivity contribution in [2.75, 3.05) is 18.9 Å². The molecule has 172 valence electrons. The van der Waals surface area contributed by atoms with Crippen LogP contribution in [0.4, 0.5) is 5.82 Å². The average molecular weight is 457 g/mol. The molecule has 5 rings (SSSR count). The molecule has 1 saturated heterocycles. The lowest BCUT2D eigenvalue weighted by atomic mass is 9.91. The van der Waals surface area contributed by atoms with Gasteiger partial charge in [0.05, 0.1) is 5.69 Å². The number of carboxylic acid groups (broad SMARTS) is 1. The van der Waals surface area contributed by atoms with Crippen molar-refractivity contribution in [3.63, 3.8) is 0 Å². The molecule has 0 aliphatic carbocycles. The number of para-hydroxylation sites is 1. The van der Waals surface area contributed by atoms with Crippen molar-refractivity contribution in [3.05, 3.63) is 78.3 Å². The van der Waals surface area contributed by atoms with Gasteiger partial charge in [0.1, 0.15) is 23.3 Å². The standard InChI is InChI=1S/C26H24N4O4/c27-26-25-23(17-6-8-20(9-7-17)34-19-4-2-1-3-5-19)21(10-11-22(31)32)24(30(25)29-16-28-26)18-12-14-33-15-13-18/h1-11,16,18H,12-15H2,(H,31,32)(H2,27,28,29). The highest BCUT2D eigenvalue weighted by atomic mass is 16.5. The van der Waals surface area contributed by atoms with Gasteiger partial charge in [-0.05, 0) is 48.7 Å². The summed E-state index contributed by atoms with van der Waals surface area (Å²) in [6, 6.07) is 17.2. The summed E-state index contributed by atoms with van der Waals surface area (Å²) in [4.78, 5) is 15.6. The third-order valence-corrected chi connectivity index (χ3v) is 5.95. The zero-order chi connectivity index (χ0) is 23.5. The van der Waals surface area contributed by atoms with Crippen LogP contribution in [0.5, 0.6) is 11.5 Å². The zero-order valence-electron chi connectivity index (χ0n) is 18.4. The van der Waals surface area contributed by atoms with Gasteiger partial charge in [-0.2, -0.15) is 5.10 Å². The van der Waals surface area contributed by atoms with Gasteiger partial charge in [0.2, 0.25) is 0 Å². The Kier molecular flexibility index (Phi) is 5.97. The van der Waals surface area contributed by atoms with Crippen LogP contribution in [0.1, 0.15) is 30.0 Å². The van der Waals surface area contributed by atoms with Crippen LogP contribution in [0.25, 0.3) is 22.7 Å². The van der Waals surface area contributed by atoms with E-state index >= 15 is 0 Å². The Morgan fingerprint density at radius 2 is 1.79 bits per heavy atom. The van der Waals surface area contributed by atoms with Crippen LogP contribution in [-0.4, -0.2) is 38.9 Å². The van der Waals surface area contributed by atoms with Crippen LogP contribution in [0.15, 0.2) is 67.0 Å². The number of aromatic nitrogens is 3. The maximum absolute atomic E-state index is 11.4.